The lowest BCUT2D eigenvalue weighted by Gasteiger charge is -2.02. The molecule has 0 amide bonds. The Balaban J connectivity index is 2.29. The first-order valence-electron chi connectivity index (χ1n) is 5.21. The molecule has 3 aromatic heterocycles. The van der Waals surface area contributed by atoms with Crippen LogP contribution in [0, 0.1) is 6.92 Å². The zero-order valence-electron chi connectivity index (χ0n) is 9.23. The van der Waals surface area contributed by atoms with Crippen molar-refractivity contribution in [2.75, 3.05) is 0 Å². The van der Waals surface area contributed by atoms with Crippen molar-refractivity contribution in [3.05, 3.63) is 36.4 Å². The Kier molecular flexibility index (Phi) is 1.86. The fourth-order valence-corrected chi connectivity index (χ4v) is 1.82. The number of fused-ring (bicyclic) bond motifs is 1. The molecule has 0 aliphatic rings. The number of nitrogens with zero attached hydrogens (tertiary/aromatic N) is 3. The van der Waals surface area contributed by atoms with Gasteiger partial charge in [-0.15, -0.1) is 0 Å². The lowest BCUT2D eigenvalue weighted by molar-refractivity contribution is 0.868. The van der Waals surface area contributed by atoms with Gasteiger partial charge in [0.1, 0.15) is 13.5 Å². The minimum absolute atomic E-state index is 0.892. The maximum atomic E-state index is 4.49. The van der Waals surface area contributed by atoms with Crippen molar-refractivity contribution in [2.45, 2.75) is 6.92 Å². The summed E-state index contributed by atoms with van der Waals surface area (Å²) in [5.74, 6) is 0. The number of aromatic amines is 1. The molecule has 0 aliphatic heterocycles. The lowest BCUT2D eigenvalue weighted by atomic mass is 9.98. The summed E-state index contributed by atoms with van der Waals surface area (Å²) < 4.78 is 1.91. The Morgan fingerprint density at radius 1 is 1.38 bits per heavy atom. The van der Waals surface area contributed by atoms with Crippen molar-refractivity contribution in [3.8, 4) is 5.69 Å². The van der Waals surface area contributed by atoms with Crippen molar-refractivity contribution < 1.29 is 0 Å². The van der Waals surface area contributed by atoms with Gasteiger partial charge in [-0.3, -0.25) is 0 Å². The molecule has 0 unspecified atom stereocenters. The molecule has 1 N–H and O–H groups in total. The number of hydrogen-bond donors (Lipinski definition) is 1. The molecule has 3 rings (SSSR count). The van der Waals surface area contributed by atoms with Crippen LogP contribution in [0.4, 0.5) is 0 Å². The zero-order chi connectivity index (χ0) is 11.1. The fourth-order valence-electron chi connectivity index (χ4n) is 1.82. The van der Waals surface area contributed by atoms with Gasteiger partial charge in [-0.25, -0.2) is 9.67 Å². The van der Waals surface area contributed by atoms with Crippen molar-refractivity contribution >= 4 is 24.3 Å². The van der Waals surface area contributed by atoms with Crippen LogP contribution < -0.4 is 5.46 Å². The SMILES string of the molecule is Bc1cn(-c2ccnc3[nH]ccc23)nc1C. The smallest absolute Gasteiger partial charge is 0.143 e. The molecule has 0 aromatic carbocycles. The summed E-state index contributed by atoms with van der Waals surface area (Å²) in [6, 6.07) is 3.99. The van der Waals surface area contributed by atoms with E-state index in [9.17, 15) is 0 Å². The van der Waals surface area contributed by atoms with E-state index in [0.29, 0.717) is 0 Å². The van der Waals surface area contributed by atoms with Crippen LogP contribution in [-0.4, -0.2) is 27.6 Å². The minimum atomic E-state index is 0.892. The average molecular weight is 210 g/mol. The van der Waals surface area contributed by atoms with Gasteiger partial charge in [0.05, 0.1) is 11.4 Å². The molecular weight excluding hydrogens is 199 g/mol. The Hall–Kier alpha value is -2.04. The van der Waals surface area contributed by atoms with Crippen LogP contribution in [0.2, 0.25) is 0 Å². The average Bonchev–Trinajstić information content (AvgIpc) is 2.85. The molecule has 4 nitrogen and oxygen atoms in total. The van der Waals surface area contributed by atoms with E-state index in [-0.39, 0.29) is 0 Å². The molecule has 0 spiro atoms. The van der Waals surface area contributed by atoms with Crippen LogP contribution in [0.25, 0.3) is 16.7 Å². The van der Waals surface area contributed by atoms with Gasteiger partial charge in [-0.2, -0.15) is 5.10 Å². The van der Waals surface area contributed by atoms with Gasteiger partial charge in [0.15, 0.2) is 0 Å². The van der Waals surface area contributed by atoms with Gasteiger partial charge in [0, 0.05) is 24.0 Å². The van der Waals surface area contributed by atoms with Gasteiger partial charge in [-0.05, 0) is 24.5 Å². The highest BCUT2D eigenvalue weighted by Gasteiger charge is 2.07. The molecular formula is C11H11BN4. The molecule has 0 atom stereocenters. The number of nitrogens with one attached hydrogen (secondary N) is 1. The van der Waals surface area contributed by atoms with Crippen molar-refractivity contribution in [1.82, 2.24) is 19.7 Å². The largest absolute Gasteiger partial charge is 0.346 e. The summed E-state index contributed by atoms with van der Waals surface area (Å²) in [7, 11) is 2.06. The van der Waals surface area contributed by atoms with Gasteiger partial charge in [-0.1, -0.05) is 0 Å². The third-order valence-electron chi connectivity index (χ3n) is 2.83. The summed E-state index contributed by atoms with van der Waals surface area (Å²) in [4.78, 5) is 7.36. The summed E-state index contributed by atoms with van der Waals surface area (Å²) in [5.41, 5.74) is 4.20. The van der Waals surface area contributed by atoms with Gasteiger partial charge < -0.3 is 4.98 Å². The molecule has 78 valence electrons. The van der Waals surface area contributed by atoms with Crippen LogP contribution in [0.5, 0.6) is 0 Å². The molecule has 16 heavy (non-hydrogen) atoms. The molecule has 0 fully saturated rings. The second kappa shape index (κ2) is 3.23. The van der Waals surface area contributed by atoms with E-state index in [1.54, 1.807) is 6.20 Å². The van der Waals surface area contributed by atoms with E-state index in [2.05, 4.69) is 22.9 Å². The first-order valence-corrected chi connectivity index (χ1v) is 5.21. The third-order valence-corrected chi connectivity index (χ3v) is 2.83. The number of rotatable bonds is 1. The predicted octanol–water partition coefficient (Wildman–Crippen LogP) is 0.315. The zero-order valence-corrected chi connectivity index (χ0v) is 9.23. The highest BCUT2D eigenvalue weighted by molar-refractivity contribution is 6.33. The van der Waals surface area contributed by atoms with Crippen molar-refractivity contribution in [3.63, 3.8) is 0 Å². The van der Waals surface area contributed by atoms with Gasteiger partial charge in [0.25, 0.3) is 0 Å². The van der Waals surface area contributed by atoms with Crippen molar-refractivity contribution in [1.29, 1.82) is 0 Å². The second-order valence-corrected chi connectivity index (χ2v) is 3.91. The molecule has 0 saturated carbocycles. The van der Waals surface area contributed by atoms with E-state index in [1.165, 1.54) is 5.46 Å². The van der Waals surface area contributed by atoms with Crippen LogP contribution in [0.1, 0.15) is 5.69 Å². The van der Waals surface area contributed by atoms with Crippen molar-refractivity contribution in [2.24, 2.45) is 0 Å². The van der Waals surface area contributed by atoms with Crippen LogP contribution in [0.15, 0.2) is 30.7 Å². The van der Waals surface area contributed by atoms with Crippen LogP contribution in [-0.2, 0) is 0 Å². The molecule has 0 radical (unpaired) electrons. The van der Waals surface area contributed by atoms with Crippen LogP contribution in [0.3, 0.4) is 0 Å². The second-order valence-electron chi connectivity index (χ2n) is 3.91. The fraction of sp³-hybridized carbons (Fsp3) is 0.0909. The summed E-state index contributed by atoms with van der Waals surface area (Å²) in [5, 5.41) is 5.57. The minimum Gasteiger partial charge on any atom is -0.346 e. The van der Waals surface area contributed by atoms with E-state index >= 15 is 0 Å². The molecule has 0 bridgehead atoms. The molecule has 3 heterocycles. The quantitative estimate of drug-likeness (QED) is 0.587. The first-order chi connectivity index (χ1) is 7.75. The molecule has 5 heteroatoms. The third kappa shape index (κ3) is 1.25. The number of aryl methyl sites for hydroxylation is 1. The Bertz CT molecular complexity index is 633. The Morgan fingerprint density at radius 3 is 3.00 bits per heavy atom. The summed E-state index contributed by atoms with van der Waals surface area (Å²) in [6.45, 7) is 2.02. The number of pyridine rings is 1. The molecule has 0 aliphatic carbocycles. The van der Waals surface area contributed by atoms with E-state index in [4.69, 9.17) is 0 Å². The topological polar surface area (TPSA) is 46.5 Å². The summed E-state index contributed by atoms with van der Waals surface area (Å²) >= 11 is 0. The highest BCUT2D eigenvalue weighted by atomic mass is 15.3. The van der Waals surface area contributed by atoms with Gasteiger partial charge in [0.2, 0.25) is 0 Å². The lowest BCUT2D eigenvalue weighted by Crippen LogP contribution is -2.01. The van der Waals surface area contributed by atoms with Crippen LogP contribution >= 0.6 is 0 Å². The normalized spacial score (nSPS) is 11.1. The maximum absolute atomic E-state index is 4.49. The number of hydrogen-bond acceptors (Lipinski definition) is 2. The maximum Gasteiger partial charge on any atom is 0.143 e. The predicted molar refractivity (Wildman–Crippen MR) is 66.1 cm³/mol. The van der Waals surface area contributed by atoms with Gasteiger partial charge >= 0.3 is 0 Å². The van der Waals surface area contributed by atoms with E-state index in [0.717, 1.165) is 22.4 Å². The Labute approximate surface area is 93.7 Å². The molecule has 0 saturated heterocycles. The monoisotopic (exact) mass is 210 g/mol. The number of aromatic nitrogens is 4. The highest BCUT2D eigenvalue weighted by Crippen LogP contribution is 2.18. The number of H-pyrrole nitrogens is 1. The molecule has 3 aromatic rings. The first kappa shape index (κ1) is 9.21. The summed E-state index contributed by atoms with van der Waals surface area (Å²) in [6.07, 6.45) is 5.72. The van der Waals surface area contributed by atoms with E-state index in [1.807, 2.05) is 36.1 Å². The standard InChI is InChI=1S/C11H11BN4/c1-7-9(12)6-16(15-7)10-3-5-14-11-8(10)2-4-13-11/h2-6H,12H2,1H3,(H,13,14). The van der Waals surface area contributed by atoms with E-state index < -0.39 is 0 Å². The Morgan fingerprint density at radius 2 is 2.25 bits per heavy atom.